The van der Waals surface area contributed by atoms with Gasteiger partial charge in [-0.25, -0.2) is 4.79 Å². The monoisotopic (exact) mass is 375 g/mol. The van der Waals surface area contributed by atoms with E-state index in [4.69, 9.17) is 4.74 Å². The molecule has 3 aromatic carbocycles. The van der Waals surface area contributed by atoms with Gasteiger partial charge in [-0.3, -0.25) is 4.79 Å². The quantitative estimate of drug-likeness (QED) is 0.642. The van der Waals surface area contributed by atoms with Gasteiger partial charge in [0, 0.05) is 11.3 Å². The molecule has 0 heterocycles. The Bertz CT molecular complexity index is 998. The van der Waals surface area contributed by atoms with Gasteiger partial charge in [-0.2, -0.15) is 0 Å². The first-order valence-corrected chi connectivity index (χ1v) is 8.91. The van der Waals surface area contributed by atoms with Crippen LogP contribution in [0.3, 0.4) is 0 Å². The molecule has 0 fully saturated rings. The van der Waals surface area contributed by atoms with Crippen molar-refractivity contribution in [3.05, 3.63) is 83.9 Å². The summed E-state index contributed by atoms with van der Waals surface area (Å²) < 4.78 is 5.23. The first kappa shape index (κ1) is 19.2. The number of para-hydroxylation sites is 1. The Balaban J connectivity index is 1.72. The van der Waals surface area contributed by atoms with E-state index in [1.165, 1.54) is 19.1 Å². The van der Waals surface area contributed by atoms with E-state index in [-0.39, 0.29) is 11.3 Å². The fourth-order valence-corrected chi connectivity index (χ4v) is 2.79. The summed E-state index contributed by atoms with van der Waals surface area (Å²) in [6, 6.07) is 21.7. The summed E-state index contributed by atoms with van der Waals surface area (Å²) in [6.07, 6.45) is -1.03. The summed E-state index contributed by atoms with van der Waals surface area (Å²) in [5.74, 6) is -1.38. The smallest absolute Gasteiger partial charge is 0.342 e. The molecule has 0 saturated heterocycles. The highest BCUT2D eigenvalue weighted by Crippen LogP contribution is 2.28. The summed E-state index contributed by atoms with van der Waals surface area (Å²) in [5.41, 5.74) is 3.30. The molecule has 0 saturated carbocycles. The number of benzene rings is 3. The summed E-state index contributed by atoms with van der Waals surface area (Å²) in [4.78, 5) is 24.8. The number of nitrogens with one attached hydrogen (secondary N) is 1. The number of hydrogen-bond donors (Lipinski definition) is 2. The number of carbonyl (C=O) groups excluding carboxylic acids is 2. The van der Waals surface area contributed by atoms with E-state index < -0.39 is 18.0 Å². The molecule has 5 nitrogen and oxygen atoms in total. The molecule has 2 N–H and O–H groups in total. The molecule has 1 amide bonds. The molecular weight excluding hydrogens is 354 g/mol. The molecular formula is C23H21NO4. The molecule has 0 aromatic heterocycles. The van der Waals surface area contributed by atoms with Crippen molar-refractivity contribution in [3.63, 3.8) is 0 Å². The van der Waals surface area contributed by atoms with Crippen LogP contribution in [0.2, 0.25) is 0 Å². The topological polar surface area (TPSA) is 75.6 Å². The average Bonchev–Trinajstić information content (AvgIpc) is 2.69. The van der Waals surface area contributed by atoms with Gasteiger partial charge in [0.1, 0.15) is 11.3 Å². The Morgan fingerprint density at radius 3 is 2.36 bits per heavy atom. The van der Waals surface area contributed by atoms with Crippen molar-refractivity contribution in [1.82, 2.24) is 0 Å². The van der Waals surface area contributed by atoms with Gasteiger partial charge in [-0.05, 0) is 43.2 Å². The summed E-state index contributed by atoms with van der Waals surface area (Å²) in [7, 11) is 0. The second kappa shape index (κ2) is 8.39. The third kappa shape index (κ3) is 4.38. The number of carbonyl (C=O) groups is 2. The fourth-order valence-electron chi connectivity index (χ4n) is 2.79. The predicted octanol–water partition coefficient (Wildman–Crippen LogP) is 4.55. The van der Waals surface area contributed by atoms with Crippen LogP contribution < -0.4 is 5.32 Å². The highest BCUT2D eigenvalue weighted by Gasteiger charge is 2.21. The fraction of sp³-hybridized carbons (Fsp3) is 0.130. The Labute approximate surface area is 163 Å². The predicted molar refractivity (Wildman–Crippen MR) is 108 cm³/mol. The van der Waals surface area contributed by atoms with Crippen molar-refractivity contribution in [2.45, 2.75) is 20.0 Å². The standard InChI is InChI=1S/C23H21NO4/c1-15-12-13-19(21(25)14-15)23(27)28-16(2)22(26)24-20-11-7-6-10-18(20)17-8-4-3-5-9-17/h3-14,16,25H,1-2H3,(H,24,26)/t16-/m1/s1. The van der Waals surface area contributed by atoms with Crippen LogP contribution in [-0.2, 0) is 9.53 Å². The number of anilines is 1. The zero-order valence-electron chi connectivity index (χ0n) is 15.7. The SMILES string of the molecule is Cc1ccc(C(=O)O[C@H](C)C(=O)Nc2ccccc2-c2ccccc2)c(O)c1. The number of hydrogen-bond acceptors (Lipinski definition) is 4. The first-order chi connectivity index (χ1) is 13.5. The normalized spacial score (nSPS) is 11.5. The Kier molecular flexibility index (Phi) is 5.75. The maximum absolute atomic E-state index is 12.6. The van der Waals surface area contributed by atoms with Crippen LogP contribution in [0.4, 0.5) is 5.69 Å². The lowest BCUT2D eigenvalue weighted by Gasteiger charge is -2.16. The van der Waals surface area contributed by atoms with Gasteiger partial charge in [-0.1, -0.05) is 54.6 Å². The molecule has 3 aromatic rings. The number of phenolic OH excluding ortho intramolecular Hbond substituents is 1. The van der Waals surface area contributed by atoms with E-state index >= 15 is 0 Å². The molecule has 142 valence electrons. The van der Waals surface area contributed by atoms with E-state index in [1.807, 2.05) is 48.5 Å². The second-order valence-electron chi connectivity index (χ2n) is 6.47. The van der Waals surface area contributed by atoms with Gasteiger partial charge in [0.05, 0.1) is 0 Å². The van der Waals surface area contributed by atoms with Crippen molar-refractivity contribution in [2.75, 3.05) is 5.32 Å². The average molecular weight is 375 g/mol. The molecule has 0 radical (unpaired) electrons. The van der Waals surface area contributed by atoms with Crippen LogP contribution in [0.1, 0.15) is 22.8 Å². The Morgan fingerprint density at radius 2 is 1.64 bits per heavy atom. The third-order valence-corrected chi connectivity index (χ3v) is 4.30. The third-order valence-electron chi connectivity index (χ3n) is 4.30. The van der Waals surface area contributed by atoms with Crippen molar-refractivity contribution in [2.24, 2.45) is 0 Å². The van der Waals surface area contributed by atoms with Gasteiger partial charge < -0.3 is 15.2 Å². The van der Waals surface area contributed by atoms with Gasteiger partial charge >= 0.3 is 5.97 Å². The molecule has 0 bridgehead atoms. The number of rotatable bonds is 5. The lowest BCUT2D eigenvalue weighted by molar-refractivity contribution is -0.123. The van der Waals surface area contributed by atoms with Crippen LogP contribution >= 0.6 is 0 Å². The van der Waals surface area contributed by atoms with E-state index in [9.17, 15) is 14.7 Å². The van der Waals surface area contributed by atoms with Crippen LogP contribution in [0.25, 0.3) is 11.1 Å². The summed E-state index contributed by atoms with van der Waals surface area (Å²) in [6.45, 7) is 3.29. The van der Waals surface area contributed by atoms with Crippen LogP contribution in [0.15, 0.2) is 72.8 Å². The Morgan fingerprint density at radius 1 is 0.964 bits per heavy atom. The molecule has 5 heteroatoms. The molecule has 0 aliphatic heterocycles. The number of ether oxygens (including phenoxy) is 1. The van der Waals surface area contributed by atoms with E-state index in [0.717, 1.165) is 16.7 Å². The van der Waals surface area contributed by atoms with Crippen LogP contribution in [-0.4, -0.2) is 23.1 Å². The lowest BCUT2D eigenvalue weighted by Crippen LogP contribution is -2.30. The maximum atomic E-state index is 12.6. The minimum atomic E-state index is -1.03. The minimum absolute atomic E-state index is 0.0231. The van der Waals surface area contributed by atoms with Gasteiger partial charge in [-0.15, -0.1) is 0 Å². The zero-order chi connectivity index (χ0) is 20.1. The van der Waals surface area contributed by atoms with Gasteiger partial charge in [0.25, 0.3) is 5.91 Å². The molecule has 1 atom stereocenters. The molecule has 0 spiro atoms. The molecule has 0 aliphatic rings. The number of aromatic hydroxyl groups is 1. The van der Waals surface area contributed by atoms with Crippen LogP contribution in [0, 0.1) is 6.92 Å². The highest BCUT2D eigenvalue weighted by molar-refractivity contribution is 6.00. The van der Waals surface area contributed by atoms with Gasteiger partial charge in [0.2, 0.25) is 0 Å². The van der Waals surface area contributed by atoms with Crippen LogP contribution in [0.5, 0.6) is 5.75 Å². The molecule has 3 rings (SSSR count). The van der Waals surface area contributed by atoms with E-state index in [2.05, 4.69) is 5.32 Å². The van der Waals surface area contributed by atoms with Crippen molar-refractivity contribution >= 4 is 17.6 Å². The largest absolute Gasteiger partial charge is 0.507 e. The number of amides is 1. The second-order valence-corrected chi connectivity index (χ2v) is 6.47. The highest BCUT2D eigenvalue weighted by atomic mass is 16.5. The van der Waals surface area contributed by atoms with E-state index in [1.54, 1.807) is 19.1 Å². The lowest BCUT2D eigenvalue weighted by atomic mass is 10.0. The first-order valence-electron chi connectivity index (χ1n) is 8.91. The number of aryl methyl sites for hydroxylation is 1. The minimum Gasteiger partial charge on any atom is -0.507 e. The molecule has 28 heavy (non-hydrogen) atoms. The molecule has 0 aliphatic carbocycles. The summed E-state index contributed by atoms with van der Waals surface area (Å²) in [5, 5.41) is 12.7. The van der Waals surface area contributed by atoms with Gasteiger partial charge in [0.15, 0.2) is 6.10 Å². The summed E-state index contributed by atoms with van der Waals surface area (Å²) >= 11 is 0. The van der Waals surface area contributed by atoms with Crippen molar-refractivity contribution in [1.29, 1.82) is 0 Å². The molecule has 0 unspecified atom stereocenters. The zero-order valence-corrected chi connectivity index (χ0v) is 15.7. The maximum Gasteiger partial charge on any atom is 0.342 e. The van der Waals surface area contributed by atoms with Crippen molar-refractivity contribution < 1.29 is 19.4 Å². The Hall–Kier alpha value is -3.60. The number of phenols is 1. The number of esters is 1. The van der Waals surface area contributed by atoms with E-state index in [0.29, 0.717) is 5.69 Å². The van der Waals surface area contributed by atoms with Crippen molar-refractivity contribution in [3.8, 4) is 16.9 Å².